The van der Waals surface area contributed by atoms with E-state index in [0.29, 0.717) is 18.7 Å². The summed E-state index contributed by atoms with van der Waals surface area (Å²) in [6.45, 7) is 4.88. The van der Waals surface area contributed by atoms with Crippen molar-refractivity contribution >= 4 is 21.6 Å². The fourth-order valence-corrected chi connectivity index (χ4v) is 4.21. The molecule has 0 bridgehead atoms. The van der Waals surface area contributed by atoms with Crippen molar-refractivity contribution in [1.82, 2.24) is 4.31 Å². The summed E-state index contributed by atoms with van der Waals surface area (Å²) in [5, 5.41) is -0.117. The van der Waals surface area contributed by atoms with Gasteiger partial charge >= 0.3 is 0 Å². The molecule has 1 fully saturated rings. The van der Waals surface area contributed by atoms with Crippen LogP contribution >= 0.6 is 11.6 Å². The third-order valence-corrected chi connectivity index (χ3v) is 5.82. The summed E-state index contributed by atoms with van der Waals surface area (Å²) in [5.74, 6) is -0.758. The number of benzene rings is 1. The van der Waals surface area contributed by atoms with Gasteiger partial charge in [0.2, 0.25) is 10.0 Å². The van der Waals surface area contributed by atoms with Gasteiger partial charge in [-0.1, -0.05) is 25.4 Å². The Kier molecular flexibility index (Phi) is 4.12. The molecule has 2 N–H and O–H groups in total. The summed E-state index contributed by atoms with van der Waals surface area (Å²) in [7, 11) is -3.70. The zero-order valence-corrected chi connectivity index (χ0v) is 13.1. The number of nitrogens with two attached hydrogens (primary N) is 1. The monoisotopic (exact) mass is 320 g/mol. The molecule has 0 spiro atoms. The lowest BCUT2D eigenvalue weighted by atomic mass is 9.93. The zero-order chi connectivity index (χ0) is 15.1. The highest BCUT2D eigenvalue weighted by molar-refractivity contribution is 7.89. The third-order valence-electron chi connectivity index (χ3n) is 3.58. The van der Waals surface area contributed by atoms with Gasteiger partial charge in [-0.15, -0.1) is 0 Å². The predicted molar refractivity (Wildman–Crippen MR) is 76.5 cm³/mol. The van der Waals surface area contributed by atoms with Gasteiger partial charge in [0.05, 0.1) is 9.92 Å². The molecule has 112 valence electrons. The van der Waals surface area contributed by atoms with Gasteiger partial charge in [-0.2, -0.15) is 4.31 Å². The molecule has 1 aromatic rings. The molecule has 0 saturated carbocycles. The van der Waals surface area contributed by atoms with E-state index in [4.69, 9.17) is 17.3 Å². The topological polar surface area (TPSA) is 63.4 Å². The second kappa shape index (κ2) is 5.26. The maximum absolute atomic E-state index is 13.7. The van der Waals surface area contributed by atoms with Gasteiger partial charge in [0.1, 0.15) is 5.82 Å². The number of nitrogens with zero attached hydrogens (tertiary/aromatic N) is 1. The standard InChI is InChI=1S/C13H18ClFN2O2S/c1-13(2)3-4-17(8-13)20(18,19)10-5-9(7-16)12(14)11(15)6-10/h5-6H,3-4,7-8,16H2,1-2H3. The molecule has 1 heterocycles. The van der Waals surface area contributed by atoms with E-state index in [1.807, 2.05) is 13.8 Å². The van der Waals surface area contributed by atoms with Crippen molar-refractivity contribution in [2.45, 2.75) is 31.7 Å². The minimum atomic E-state index is -3.70. The lowest BCUT2D eigenvalue weighted by Gasteiger charge is -2.20. The average Bonchev–Trinajstić information content (AvgIpc) is 2.73. The molecule has 1 aromatic carbocycles. The molecular formula is C13H18ClFN2O2S. The van der Waals surface area contributed by atoms with E-state index >= 15 is 0 Å². The first-order valence-electron chi connectivity index (χ1n) is 6.35. The Morgan fingerprint density at radius 1 is 1.45 bits per heavy atom. The van der Waals surface area contributed by atoms with Crippen molar-refractivity contribution < 1.29 is 12.8 Å². The van der Waals surface area contributed by atoms with E-state index in [1.165, 1.54) is 10.4 Å². The SMILES string of the molecule is CC1(C)CCN(S(=O)(=O)c2cc(F)c(Cl)c(CN)c2)C1. The van der Waals surface area contributed by atoms with Crippen molar-refractivity contribution in [3.63, 3.8) is 0 Å². The molecule has 1 aliphatic rings. The summed E-state index contributed by atoms with van der Waals surface area (Å²) in [6.07, 6.45) is 0.784. The first-order chi connectivity index (χ1) is 9.17. The highest BCUT2D eigenvalue weighted by Gasteiger charge is 2.37. The quantitative estimate of drug-likeness (QED) is 0.930. The Hall–Kier alpha value is -0.690. The summed E-state index contributed by atoms with van der Waals surface area (Å²) >= 11 is 5.76. The van der Waals surface area contributed by atoms with Gasteiger partial charge in [-0.05, 0) is 29.5 Å². The average molecular weight is 321 g/mol. The van der Waals surface area contributed by atoms with Gasteiger partial charge in [0, 0.05) is 19.6 Å². The van der Waals surface area contributed by atoms with E-state index in [9.17, 15) is 12.8 Å². The van der Waals surface area contributed by atoms with Crippen molar-refractivity contribution in [1.29, 1.82) is 0 Å². The van der Waals surface area contributed by atoms with Crippen molar-refractivity contribution in [3.8, 4) is 0 Å². The molecule has 1 saturated heterocycles. The lowest BCUT2D eigenvalue weighted by Crippen LogP contribution is -2.30. The minimum Gasteiger partial charge on any atom is -0.326 e. The first kappa shape index (κ1) is 15.7. The van der Waals surface area contributed by atoms with Gasteiger partial charge in [0.15, 0.2) is 0 Å². The Labute approximate surface area is 123 Å². The van der Waals surface area contributed by atoms with E-state index in [-0.39, 0.29) is 21.9 Å². The third kappa shape index (κ3) is 2.83. The van der Waals surface area contributed by atoms with E-state index in [2.05, 4.69) is 0 Å². The number of hydrogen-bond acceptors (Lipinski definition) is 3. The van der Waals surface area contributed by atoms with Crippen LogP contribution in [0.5, 0.6) is 0 Å². The number of hydrogen-bond donors (Lipinski definition) is 1. The highest BCUT2D eigenvalue weighted by atomic mass is 35.5. The van der Waals surface area contributed by atoms with Crippen LogP contribution in [0.15, 0.2) is 17.0 Å². The molecule has 7 heteroatoms. The van der Waals surface area contributed by atoms with Crippen LogP contribution in [0.4, 0.5) is 4.39 Å². The van der Waals surface area contributed by atoms with Crippen molar-refractivity contribution in [2.75, 3.05) is 13.1 Å². The maximum atomic E-state index is 13.7. The van der Waals surface area contributed by atoms with Crippen molar-refractivity contribution in [3.05, 3.63) is 28.5 Å². The molecule has 20 heavy (non-hydrogen) atoms. The lowest BCUT2D eigenvalue weighted by molar-refractivity contribution is 0.375. The van der Waals surface area contributed by atoms with E-state index in [1.54, 1.807) is 0 Å². The maximum Gasteiger partial charge on any atom is 0.243 e. The van der Waals surface area contributed by atoms with Crippen LogP contribution in [0.3, 0.4) is 0 Å². The summed E-state index contributed by atoms with van der Waals surface area (Å²) in [6, 6.07) is 2.31. The molecule has 0 amide bonds. The molecule has 0 radical (unpaired) electrons. The summed E-state index contributed by atoms with van der Waals surface area (Å²) in [5.41, 5.74) is 5.70. The van der Waals surface area contributed by atoms with Gasteiger partial charge < -0.3 is 5.73 Å². The van der Waals surface area contributed by atoms with Gasteiger partial charge in [-0.3, -0.25) is 0 Å². The second-order valence-corrected chi connectivity index (χ2v) is 8.15. The van der Waals surface area contributed by atoms with Crippen LogP contribution < -0.4 is 5.73 Å². The fourth-order valence-electron chi connectivity index (χ4n) is 2.33. The van der Waals surface area contributed by atoms with E-state index in [0.717, 1.165) is 12.5 Å². The smallest absolute Gasteiger partial charge is 0.243 e. The molecule has 0 aliphatic carbocycles. The summed E-state index contributed by atoms with van der Waals surface area (Å²) < 4.78 is 40.2. The normalized spacial score (nSPS) is 19.4. The van der Waals surface area contributed by atoms with E-state index < -0.39 is 15.8 Å². The summed E-state index contributed by atoms with van der Waals surface area (Å²) in [4.78, 5) is -0.0856. The van der Waals surface area contributed by atoms with Crippen LogP contribution in [0.1, 0.15) is 25.8 Å². The Morgan fingerprint density at radius 3 is 2.60 bits per heavy atom. The molecule has 0 aromatic heterocycles. The Morgan fingerprint density at radius 2 is 2.10 bits per heavy atom. The Bertz CT molecular complexity index is 632. The van der Waals surface area contributed by atoms with Crippen molar-refractivity contribution in [2.24, 2.45) is 11.1 Å². The molecule has 4 nitrogen and oxygen atoms in total. The second-order valence-electron chi connectivity index (χ2n) is 5.84. The van der Waals surface area contributed by atoms with Crippen LogP contribution in [-0.2, 0) is 16.6 Å². The van der Waals surface area contributed by atoms with Crippen LogP contribution in [0.25, 0.3) is 0 Å². The number of sulfonamides is 1. The number of halogens is 2. The Balaban J connectivity index is 2.43. The minimum absolute atomic E-state index is 0.00932. The molecule has 1 aliphatic heterocycles. The first-order valence-corrected chi connectivity index (χ1v) is 8.17. The molecule has 0 atom stereocenters. The molecular weight excluding hydrogens is 303 g/mol. The largest absolute Gasteiger partial charge is 0.326 e. The van der Waals surface area contributed by atoms with Gasteiger partial charge in [0.25, 0.3) is 0 Å². The highest BCUT2D eigenvalue weighted by Crippen LogP contribution is 2.34. The number of rotatable bonds is 3. The van der Waals surface area contributed by atoms with Gasteiger partial charge in [-0.25, -0.2) is 12.8 Å². The fraction of sp³-hybridized carbons (Fsp3) is 0.538. The molecule has 2 rings (SSSR count). The van der Waals surface area contributed by atoms with Crippen LogP contribution in [0.2, 0.25) is 5.02 Å². The predicted octanol–water partition coefficient (Wildman–Crippen LogP) is 2.36. The zero-order valence-electron chi connectivity index (χ0n) is 11.5. The molecule has 0 unspecified atom stereocenters. The van der Waals surface area contributed by atoms with Crippen LogP contribution in [0, 0.1) is 11.2 Å². The van der Waals surface area contributed by atoms with Crippen LogP contribution in [-0.4, -0.2) is 25.8 Å².